The van der Waals surface area contributed by atoms with Crippen LogP contribution in [0.25, 0.3) is 0 Å². The van der Waals surface area contributed by atoms with Crippen LogP contribution in [-0.4, -0.2) is 42.5 Å². The molecule has 1 amide bonds. The molecule has 0 radical (unpaired) electrons. The number of methoxy groups -OCH3 is 1. The number of esters is 1. The van der Waals surface area contributed by atoms with E-state index in [1.54, 1.807) is 22.7 Å². The molecule has 0 saturated carbocycles. The van der Waals surface area contributed by atoms with Crippen molar-refractivity contribution < 1.29 is 24.2 Å². The molecule has 0 unspecified atom stereocenters. The van der Waals surface area contributed by atoms with Crippen molar-refractivity contribution in [2.24, 2.45) is 0 Å². The molecular formula is C20H21NO5S. The number of phenolic OH excluding ortho intramolecular Hbond substituents is 1. The van der Waals surface area contributed by atoms with Gasteiger partial charge in [-0.3, -0.25) is 4.79 Å². The summed E-state index contributed by atoms with van der Waals surface area (Å²) in [6.07, 6.45) is 0.846. The van der Waals surface area contributed by atoms with E-state index >= 15 is 0 Å². The second kappa shape index (κ2) is 8.35. The number of amides is 1. The molecule has 3 rings (SSSR count). The molecular weight excluding hydrogens is 366 g/mol. The van der Waals surface area contributed by atoms with Gasteiger partial charge in [0.15, 0.2) is 6.61 Å². The first-order valence-corrected chi connectivity index (χ1v) is 9.47. The maximum Gasteiger partial charge on any atom is 0.342 e. The molecule has 0 fully saturated rings. The number of hydrogen-bond acceptors (Lipinski definition) is 6. The van der Waals surface area contributed by atoms with Crippen molar-refractivity contribution in [3.63, 3.8) is 0 Å². The fraction of sp³-hybridized carbons (Fsp3) is 0.300. The fourth-order valence-corrected chi connectivity index (χ4v) is 3.95. The molecule has 1 atom stereocenters. The van der Waals surface area contributed by atoms with E-state index in [4.69, 9.17) is 9.47 Å². The summed E-state index contributed by atoms with van der Waals surface area (Å²) in [4.78, 5) is 27.6. The number of fused-ring (bicyclic) bond motifs is 1. The number of anilines is 1. The SMILES string of the molecule is COc1ccc(C(=O)OCC(=O)N2CC[C@@H](C)Sc3ccccc32)c(O)c1. The van der Waals surface area contributed by atoms with Gasteiger partial charge in [0.25, 0.3) is 5.91 Å². The third-order valence-electron chi connectivity index (χ3n) is 4.30. The van der Waals surface area contributed by atoms with Gasteiger partial charge in [0.1, 0.15) is 17.1 Å². The third-order valence-corrected chi connectivity index (χ3v) is 5.53. The Morgan fingerprint density at radius 3 is 2.78 bits per heavy atom. The monoisotopic (exact) mass is 387 g/mol. The fourth-order valence-electron chi connectivity index (χ4n) is 2.84. The molecule has 27 heavy (non-hydrogen) atoms. The van der Waals surface area contributed by atoms with E-state index < -0.39 is 12.6 Å². The molecule has 1 aliphatic rings. The van der Waals surface area contributed by atoms with Crippen molar-refractivity contribution in [3.05, 3.63) is 48.0 Å². The lowest BCUT2D eigenvalue weighted by molar-refractivity contribution is -0.121. The highest BCUT2D eigenvalue weighted by Crippen LogP contribution is 2.37. The number of phenols is 1. The minimum Gasteiger partial charge on any atom is -0.507 e. The molecule has 0 spiro atoms. The van der Waals surface area contributed by atoms with Gasteiger partial charge in [0, 0.05) is 22.8 Å². The Balaban J connectivity index is 1.70. The molecule has 142 valence electrons. The molecule has 0 aliphatic carbocycles. The summed E-state index contributed by atoms with van der Waals surface area (Å²) in [5, 5.41) is 10.3. The molecule has 0 aromatic heterocycles. The topological polar surface area (TPSA) is 76.1 Å². The third kappa shape index (κ3) is 4.36. The van der Waals surface area contributed by atoms with E-state index in [1.807, 2.05) is 24.3 Å². The van der Waals surface area contributed by atoms with Gasteiger partial charge in [-0.25, -0.2) is 4.79 Å². The highest BCUT2D eigenvalue weighted by atomic mass is 32.2. The summed E-state index contributed by atoms with van der Waals surface area (Å²) in [7, 11) is 1.46. The zero-order chi connectivity index (χ0) is 19.4. The summed E-state index contributed by atoms with van der Waals surface area (Å²) in [6.45, 7) is 2.30. The predicted octanol–water partition coefficient (Wildman–Crippen LogP) is 3.48. The van der Waals surface area contributed by atoms with Crippen LogP contribution in [0.15, 0.2) is 47.4 Å². The Morgan fingerprint density at radius 1 is 1.26 bits per heavy atom. The Bertz CT molecular complexity index is 854. The smallest absolute Gasteiger partial charge is 0.342 e. The maximum atomic E-state index is 12.7. The lowest BCUT2D eigenvalue weighted by Crippen LogP contribution is -2.35. The average molecular weight is 387 g/mol. The number of nitrogens with zero attached hydrogens (tertiary/aromatic N) is 1. The van der Waals surface area contributed by atoms with Crippen LogP contribution in [0, 0.1) is 0 Å². The molecule has 6 nitrogen and oxygen atoms in total. The quantitative estimate of drug-likeness (QED) is 0.810. The molecule has 7 heteroatoms. The van der Waals surface area contributed by atoms with Crippen molar-refractivity contribution in [1.29, 1.82) is 0 Å². The number of rotatable bonds is 4. The molecule has 0 saturated heterocycles. The van der Waals surface area contributed by atoms with Crippen molar-refractivity contribution in [3.8, 4) is 11.5 Å². The lowest BCUT2D eigenvalue weighted by Gasteiger charge is -2.22. The number of hydrogen-bond donors (Lipinski definition) is 1. The summed E-state index contributed by atoms with van der Waals surface area (Å²) in [5.41, 5.74) is 0.823. The lowest BCUT2D eigenvalue weighted by atomic mass is 10.2. The van der Waals surface area contributed by atoms with E-state index in [1.165, 1.54) is 19.2 Å². The predicted molar refractivity (Wildman–Crippen MR) is 104 cm³/mol. The highest BCUT2D eigenvalue weighted by molar-refractivity contribution is 8.00. The first kappa shape index (κ1) is 19.1. The first-order chi connectivity index (χ1) is 13.0. The van der Waals surface area contributed by atoms with Gasteiger partial charge in [0.2, 0.25) is 0 Å². The number of carbonyl (C=O) groups excluding carboxylic acids is 2. The van der Waals surface area contributed by atoms with Crippen molar-refractivity contribution in [2.45, 2.75) is 23.5 Å². The number of aromatic hydroxyl groups is 1. The summed E-state index contributed by atoms with van der Waals surface area (Å²) >= 11 is 1.73. The number of carbonyl (C=O) groups is 2. The van der Waals surface area contributed by atoms with Gasteiger partial charge in [-0.15, -0.1) is 11.8 Å². The zero-order valence-corrected chi connectivity index (χ0v) is 16.0. The Hall–Kier alpha value is -2.67. The summed E-state index contributed by atoms with van der Waals surface area (Å²) in [6, 6.07) is 12.0. The number of para-hydroxylation sites is 1. The standard InChI is InChI=1S/C20H21NO5S/c1-13-9-10-21(16-5-3-4-6-18(16)27-13)19(23)12-26-20(24)15-8-7-14(25-2)11-17(15)22/h3-8,11,13,22H,9-10,12H2,1-2H3/t13-/m1/s1. The van der Waals surface area contributed by atoms with Crippen LogP contribution in [0.3, 0.4) is 0 Å². The van der Waals surface area contributed by atoms with Crippen molar-refractivity contribution >= 4 is 29.3 Å². The van der Waals surface area contributed by atoms with Crippen LogP contribution in [0.5, 0.6) is 11.5 Å². The van der Waals surface area contributed by atoms with E-state index in [0.29, 0.717) is 17.5 Å². The second-order valence-corrected chi connectivity index (χ2v) is 7.67. The Morgan fingerprint density at radius 2 is 2.04 bits per heavy atom. The molecule has 1 aliphatic heterocycles. The summed E-state index contributed by atoms with van der Waals surface area (Å²) < 4.78 is 10.1. The minimum atomic E-state index is -0.755. The van der Waals surface area contributed by atoms with E-state index in [2.05, 4.69) is 6.92 Å². The first-order valence-electron chi connectivity index (χ1n) is 8.59. The summed E-state index contributed by atoms with van der Waals surface area (Å²) in [5.74, 6) is -0.877. The number of thioether (sulfide) groups is 1. The molecule has 1 N–H and O–H groups in total. The Labute approximate surface area is 162 Å². The second-order valence-electron chi connectivity index (χ2n) is 6.19. The van der Waals surface area contributed by atoms with Gasteiger partial charge in [0.05, 0.1) is 12.8 Å². The highest BCUT2D eigenvalue weighted by Gasteiger charge is 2.25. The van der Waals surface area contributed by atoms with Gasteiger partial charge in [-0.05, 0) is 30.7 Å². The number of ether oxygens (including phenoxy) is 2. The maximum absolute atomic E-state index is 12.7. The largest absolute Gasteiger partial charge is 0.507 e. The Kier molecular flexibility index (Phi) is 5.91. The van der Waals surface area contributed by atoms with Gasteiger partial charge >= 0.3 is 5.97 Å². The minimum absolute atomic E-state index is 0.0101. The zero-order valence-electron chi connectivity index (χ0n) is 15.2. The van der Waals surface area contributed by atoms with E-state index in [-0.39, 0.29) is 17.2 Å². The molecule has 2 aromatic rings. The van der Waals surface area contributed by atoms with E-state index in [9.17, 15) is 14.7 Å². The van der Waals surface area contributed by atoms with E-state index in [0.717, 1.165) is 17.0 Å². The van der Waals surface area contributed by atoms with Gasteiger partial charge in [-0.2, -0.15) is 0 Å². The van der Waals surface area contributed by atoms with Crippen molar-refractivity contribution in [2.75, 3.05) is 25.2 Å². The van der Waals surface area contributed by atoms with Crippen LogP contribution < -0.4 is 9.64 Å². The van der Waals surface area contributed by atoms with Gasteiger partial charge < -0.3 is 19.5 Å². The molecule has 0 bridgehead atoms. The average Bonchev–Trinajstić information content (AvgIpc) is 2.83. The molecule has 1 heterocycles. The van der Waals surface area contributed by atoms with Gasteiger partial charge in [-0.1, -0.05) is 19.1 Å². The van der Waals surface area contributed by atoms with Crippen LogP contribution in [-0.2, 0) is 9.53 Å². The van der Waals surface area contributed by atoms with Crippen molar-refractivity contribution in [1.82, 2.24) is 0 Å². The number of benzene rings is 2. The molecule has 2 aromatic carbocycles. The normalized spacial score (nSPS) is 16.2. The van der Waals surface area contributed by atoms with Crippen LogP contribution in [0.4, 0.5) is 5.69 Å². The van der Waals surface area contributed by atoms with Crippen LogP contribution in [0.2, 0.25) is 0 Å². The van der Waals surface area contributed by atoms with Crippen LogP contribution >= 0.6 is 11.8 Å². The van der Waals surface area contributed by atoms with Crippen LogP contribution in [0.1, 0.15) is 23.7 Å².